The molecule has 0 aromatic carbocycles. The van der Waals surface area contributed by atoms with Crippen LogP contribution in [-0.4, -0.2) is 39.0 Å². The van der Waals surface area contributed by atoms with Crippen LogP contribution in [-0.2, 0) is 17.9 Å². The van der Waals surface area contributed by atoms with E-state index in [-0.39, 0.29) is 5.41 Å². The Labute approximate surface area is 102 Å². The zero-order chi connectivity index (χ0) is 12.3. The fourth-order valence-corrected chi connectivity index (χ4v) is 2.37. The molecule has 0 amide bonds. The second-order valence-electron chi connectivity index (χ2n) is 4.84. The maximum Gasteiger partial charge on any atom is 0.147 e. The van der Waals surface area contributed by atoms with Crippen molar-refractivity contribution in [2.24, 2.45) is 5.41 Å². The van der Waals surface area contributed by atoms with Crippen molar-refractivity contribution < 1.29 is 4.79 Å². The molecule has 0 radical (unpaired) electrons. The number of aromatic nitrogens is 3. The highest BCUT2D eigenvalue weighted by Gasteiger charge is 2.30. The average molecular weight is 236 g/mol. The average Bonchev–Trinajstić information content (AvgIpc) is 2.83. The zero-order valence-electron chi connectivity index (χ0n) is 10.6. The van der Waals surface area contributed by atoms with Gasteiger partial charge < -0.3 is 9.36 Å². The van der Waals surface area contributed by atoms with E-state index in [1.807, 2.05) is 0 Å². The van der Waals surface area contributed by atoms with E-state index in [4.69, 9.17) is 0 Å². The molecule has 0 saturated heterocycles. The Hall–Kier alpha value is -1.23. The summed E-state index contributed by atoms with van der Waals surface area (Å²) >= 11 is 0. The fourth-order valence-electron chi connectivity index (χ4n) is 2.37. The molecular weight excluding hydrogens is 216 g/mol. The van der Waals surface area contributed by atoms with E-state index < -0.39 is 0 Å². The molecule has 94 valence electrons. The van der Waals surface area contributed by atoms with E-state index in [2.05, 4.69) is 33.5 Å². The molecule has 1 aromatic rings. The molecule has 1 aliphatic heterocycles. The summed E-state index contributed by atoms with van der Waals surface area (Å²) < 4.78 is 2.08. The summed E-state index contributed by atoms with van der Waals surface area (Å²) in [5.74, 6) is 1.00. The molecule has 5 nitrogen and oxygen atoms in total. The van der Waals surface area contributed by atoms with Crippen molar-refractivity contribution in [2.75, 3.05) is 13.1 Å². The van der Waals surface area contributed by atoms with Gasteiger partial charge in [-0.15, -0.1) is 10.2 Å². The van der Waals surface area contributed by atoms with Gasteiger partial charge in [0.15, 0.2) is 0 Å². The van der Waals surface area contributed by atoms with Gasteiger partial charge in [0.1, 0.15) is 18.4 Å². The highest BCUT2D eigenvalue weighted by atomic mass is 16.1. The maximum atomic E-state index is 11.3. The topological polar surface area (TPSA) is 51.0 Å². The molecule has 0 fully saturated rings. The number of hydrogen-bond acceptors (Lipinski definition) is 4. The van der Waals surface area contributed by atoms with Gasteiger partial charge in [-0.1, -0.05) is 13.8 Å². The standard InChI is InChI=1S/C12H20N4O/c1-3-12(4-2,9-17)8-15-5-6-16-10-13-14-11(16)7-15/h9-10H,3-8H2,1-2H3. The van der Waals surface area contributed by atoms with Crippen LogP contribution in [0.3, 0.4) is 0 Å². The van der Waals surface area contributed by atoms with Crippen molar-refractivity contribution in [1.82, 2.24) is 19.7 Å². The second-order valence-corrected chi connectivity index (χ2v) is 4.84. The van der Waals surface area contributed by atoms with E-state index in [9.17, 15) is 4.79 Å². The maximum absolute atomic E-state index is 11.3. The Balaban J connectivity index is 2.04. The molecule has 1 aromatic heterocycles. The van der Waals surface area contributed by atoms with Gasteiger partial charge in [-0.05, 0) is 12.8 Å². The lowest BCUT2D eigenvalue weighted by atomic mass is 9.83. The van der Waals surface area contributed by atoms with E-state index in [0.29, 0.717) is 0 Å². The van der Waals surface area contributed by atoms with Gasteiger partial charge in [0.25, 0.3) is 0 Å². The minimum Gasteiger partial charge on any atom is -0.315 e. The lowest BCUT2D eigenvalue weighted by Crippen LogP contribution is -2.42. The summed E-state index contributed by atoms with van der Waals surface area (Å²) in [5, 5.41) is 8.01. The van der Waals surface area contributed by atoms with Crippen LogP contribution in [0.4, 0.5) is 0 Å². The molecule has 2 rings (SSSR count). The Kier molecular flexibility index (Phi) is 3.57. The number of nitrogens with zero attached hydrogens (tertiary/aromatic N) is 4. The van der Waals surface area contributed by atoms with E-state index in [0.717, 1.165) is 51.1 Å². The highest BCUT2D eigenvalue weighted by molar-refractivity contribution is 5.59. The number of rotatable bonds is 5. The molecule has 0 saturated carbocycles. The van der Waals surface area contributed by atoms with Crippen LogP contribution >= 0.6 is 0 Å². The van der Waals surface area contributed by atoms with Crippen LogP contribution in [0.25, 0.3) is 0 Å². The van der Waals surface area contributed by atoms with Crippen molar-refractivity contribution in [3.63, 3.8) is 0 Å². The Morgan fingerprint density at radius 2 is 2.18 bits per heavy atom. The van der Waals surface area contributed by atoms with Crippen molar-refractivity contribution >= 4 is 6.29 Å². The molecule has 0 unspecified atom stereocenters. The predicted molar refractivity (Wildman–Crippen MR) is 64.4 cm³/mol. The smallest absolute Gasteiger partial charge is 0.147 e. The zero-order valence-corrected chi connectivity index (χ0v) is 10.6. The van der Waals surface area contributed by atoms with E-state index in [1.54, 1.807) is 6.33 Å². The Morgan fingerprint density at radius 3 is 2.82 bits per heavy atom. The third kappa shape index (κ3) is 2.39. The summed E-state index contributed by atoms with van der Waals surface area (Å²) in [6.07, 6.45) is 4.71. The van der Waals surface area contributed by atoms with Gasteiger partial charge in [0.05, 0.1) is 6.54 Å². The molecule has 0 N–H and O–H groups in total. The number of fused-ring (bicyclic) bond motifs is 1. The first-order chi connectivity index (χ1) is 8.23. The van der Waals surface area contributed by atoms with Gasteiger partial charge in [-0.2, -0.15) is 0 Å². The molecule has 0 aliphatic carbocycles. The number of hydrogen-bond donors (Lipinski definition) is 0. The summed E-state index contributed by atoms with van der Waals surface area (Å²) in [6, 6.07) is 0. The van der Waals surface area contributed by atoms with Crippen molar-refractivity contribution in [3.8, 4) is 0 Å². The molecule has 5 heteroatoms. The second kappa shape index (κ2) is 4.96. The van der Waals surface area contributed by atoms with Crippen molar-refractivity contribution in [1.29, 1.82) is 0 Å². The van der Waals surface area contributed by atoms with Gasteiger partial charge in [0.2, 0.25) is 0 Å². The number of aldehydes is 1. The van der Waals surface area contributed by atoms with Crippen LogP contribution in [0, 0.1) is 5.41 Å². The molecule has 2 heterocycles. The van der Waals surface area contributed by atoms with Crippen LogP contribution in [0.1, 0.15) is 32.5 Å². The summed E-state index contributed by atoms with van der Waals surface area (Å²) in [7, 11) is 0. The lowest BCUT2D eigenvalue weighted by molar-refractivity contribution is -0.118. The molecule has 1 aliphatic rings. The SMILES string of the molecule is CCC(C=O)(CC)CN1CCn2cnnc2C1. The summed E-state index contributed by atoms with van der Waals surface area (Å²) in [5.41, 5.74) is -0.192. The minimum atomic E-state index is -0.192. The van der Waals surface area contributed by atoms with Crippen LogP contribution in [0.15, 0.2) is 6.33 Å². The first-order valence-corrected chi connectivity index (χ1v) is 6.28. The van der Waals surface area contributed by atoms with Gasteiger partial charge >= 0.3 is 0 Å². The van der Waals surface area contributed by atoms with Crippen LogP contribution in [0.5, 0.6) is 0 Å². The third-order valence-electron chi connectivity index (χ3n) is 3.91. The van der Waals surface area contributed by atoms with Crippen LogP contribution in [0.2, 0.25) is 0 Å². The van der Waals surface area contributed by atoms with Gasteiger partial charge in [0, 0.05) is 25.0 Å². The van der Waals surface area contributed by atoms with Crippen LogP contribution < -0.4 is 0 Å². The monoisotopic (exact) mass is 236 g/mol. The normalized spacial score (nSPS) is 16.8. The highest BCUT2D eigenvalue weighted by Crippen LogP contribution is 2.26. The molecular formula is C12H20N4O. The van der Waals surface area contributed by atoms with Crippen molar-refractivity contribution in [3.05, 3.63) is 12.2 Å². The molecule has 17 heavy (non-hydrogen) atoms. The summed E-state index contributed by atoms with van der Waals surface area (Å²) in [4.78, 5) is 13.6. The van der Waals surface area contributed by atoms with E-state index >= 15 is 0 Å². The Bertz CT molecular complexity index is 384. The molecule has 0 bridgehead atoms. The molecule has 0 spiro atoms. The lowest BCUT2D eigenvalue weighted by Gasteiger charge is -2.34. The summed E-state index contributed by atoms with van der Waals surface area (Å²) in [6.45, 7) is 7.70. The largest absolute Gasteiger partial charge is 0.315 e. The minimum absolute atomic E-state index is 0.192. The van der Waals surface area contributed by atoms with Gasteiger partial charge in [-0.25, -0.2) is 0 Å². The van der Waals surface area contributed by atoms with Crippen molar-refractivity contribution in [2.45, 2.75) is 39.8 Å². The van der Waals surface area contributed by atoms with Gasteiger partial charge in [-0.3, -0.25) is 4.90 Å². The Morgan fingerprint density at radius 1 is 1.41 bits per heavy atom. The first-order valence-electron chi connectivity index (χ1n) is 6.28. The number of carbonyl (C=O) groups excluding carboxylic acids is 1. The third-order valence-corrected chi connectivity index (χ3v) is 3.91. The first kappa shape index (κ1) is 12.2. The quantitative estimate of drug-likeness (QED) is 0.718. The molecule has 0 atom stereocenters. The van der Waals surface area contributed by atoms with E-state index in [1.165, 1.54) is 0 Å². The predicted octanol–water partition coefficient (Wildman–Crippen LogP) is 1.10. The fraction of sp³-hybridized carbons (Fsp3) is 0.750. The number of carbonyl (C=O) groups is 1.